The van der Waals surface area contributed by atoms with Gasteiger partial charge in [-0.2, -0.15) is 0 Å². The van der Waals surface area contributed by atoms with E-state index in [0.717, 1.165) is 13.0 Å². The van der Waals surface area contributed by atoms with Gasteiger partial charge in [0, 0.05) is 41.8 Å². The van der Waals surface area contributed by atoms with Crippen molar-refractivity contribution in [2.24, 2.45) is 0 Å². The second-order valence-electron chi connectivity index (χ2n) is 6.83. The average Bonchev–Trinajstić information content (AvgIpc) is 2.93. The molecule has 2 aromatic carbocycles. The van der Waals surface area contributed by atoms with Gasteiger partial charge >= 0.3 is 0 Å². The number of nitrogens with one attached hydrogen (secondary N) is 1. The SMILES string of the molecule is COc1ccc(Cl)cc1NC(=O)CN1CCCN(C(=O)c2cccc(Cl)c2)CC1. The summed E-state index contributed by atoms with van der Waals surface area (Å²) in [5.74, 6) is 0.361. The number of halogens is 2. The minimum absolute atomic E-state index is 0.0394. The van der Waals surface area contributed by atoms with E-state index in [1.165, 1.54) is 0 Å². The second-order valence-corrected chi connectivity index (χ2v) is 7.70. The number of rotatable bonds is 5. The Labute approximate surface area is 180 Å². The zero-order chi connectivity index (χ0) is 20.8. The van der Waals surface area contributed by atoms with Gasteiger partial charge in [0.25, 0.3) is 5.91 Å². The van der Waals surface area contributed by atoms with Crippen LogP contribution in [0.15, 0.2) is 42.5 Å². The standard InChI is InChI=1S/C21H23Cl2N3O3/c1-29-19-7-6-17(23)13-18(19)24-20(27)14-25-8-3-9-26(11-10-25)21(28)15-4-2-5-16(22)12-15/h2,4-7,12-13H,3,8-11,14H2,1H3,(H,24,27). The first kappa shape index (κ1) is 21.4. The van der Waals surface area contributed by atoms with Gasteiger partial charge in [0.15, 0.2) is 0 Å². The molecule has 1 N–H and O–H groups in total. The summed E-state index contributed by atoms with van der Waals surface area (Å²) < 4.78 is 5.26. The summed E-state index contributed by atoms with van der Waals surface area (Å²) in [5.41, 5.74) is 1.12. The number of nitrogens with zero attached hydrogens (tertiary/aromatic N) is 2. The molecule has 0 aromatic heterocycles. The monoisotopic (exact) mass is 435 g/mol. The fourth-order valence-electron chi connectivity index (χ4n) is 3.31. The Morgan fingerprint density at radius 3 is 2.59 bits per heavy atom. The lowest BCUT2D eigenvalue weighted by Gasteiger charge is -2.22. The molecule has 0 aliphatic carbocycles. The molecule has 1 heterocycles. The third-order valence-electron chi connectivity index (χ3n) is 4.75. The molecule has 1 aliphatic rings. The Morgan fingerprint density at radius 2 is 1.83 bits per heavy atom. The van der Waals surface area contributed by atoms with Crippen LogP contribution in [0.25, 0.3) is 0 Å². The first-order valence-electron chi connectivity index (χ1n) is 9.37. The molecule has 0 radical (unpaired) electrons. The van der Waals surface area contributed by atoms with Crippen LogP contribution < -0.4 is 10.1 Å². The third kappa shape index (κ3) is 5.85. The van der Waals surface area contributed by atoms with Crippen molar-refractivity contribution < 1.29 is 14.3 Å². The number of anilines is 1. The number of hydrogen-bond acceptors (Lipinski definition) is 4. The molecule has 2 aromatic rings. The van der Waals surface area contributed by atoms with Gasteiger partial charge in [0.1, 0.15) is 5.75 Å². The molecule has 6 nitrogen and oxygen atoms in total. The second kappa shape index (κ2) is 9.96. The molecule has 0 atom stereocenters. The van der Waals surface area contributed by atoms with Gasteiger partial charge in [-0.25, -0.2) is 0 Å². The summed E-state index contributed by atoms with van der Waals surface area (Å²) in [6.45, 7) is 2.78. The number of amides is 2. The van der Waals surface area contributed by atoms with Gasteiger partial charge in [0.2, 0.25) is 5.91 Å². The number of hydrogen-bond donors (Lipinski definition) is 1. The van der Waals surface area contributed by atoms with Crippen molar-refractivity contribution in [3.63, 3.8) is 0 Å². The molecule has 1 saturated heterocycles. The van der Waals surface area contributed by atoms with E-state index < -0.39 is 0 Å². The first-order valence-corrected chi connectivity index (χ1v) is 10.1. The maximum absolute atomic E-state index is 12.7. The predicted molar refractivity (Wildman–Crippen MR) is 115 cm³/mol. The minimum atomic E-state index is -0.153. The largest absolute Gasteiger partial charge is 0.495 e. The van der Waals surface area contributed by atoms with Crippen molar-refractivity contribution in [3.05, 3.63) is 58.1 Å². The van der Waals surface area contributed by atoms with Gasteiger partial charge in [-0.15, -0.1) is 0 Å². The van der Waals surface area contributed by atoms with Crippen molar-refractivity contribution in [1.29, 1.82) is 0 Å². The van der Waals surface area contributed by atoms with Gasteiger partial charge in [-0.3, -0.25) is 14.5 Å². The highest BCUT2D eigenvalue weighted by molar-refractivity contribution is 6.31. The molecule has 8 heteroatoms. The van der Waals surface area contributed by atoms with E-state index in [1.807, 2.05) is 9.80 Å². The maximum atomic E-state index is 12.7. The van der Waals surface area contributed by atoms with Crippen LogP contribution in [0.5, 0.6) is 5.75 Å². The fraction of sp³-hybridized carbons (Fsp3) is 0.333. The molecule has 29 heavy (non-hydrogen) atoms. The highest BCUT2D eigenvalue weighted by Gasteiger charge is 2.22. The van der Waals surface area contributed by atoms with E-state index in [4.69, 9.17) is 27.9 Å². The lowest BCUT2D eigenvalue weighted by Crippen LogP contribution is -2.38. The topological polar surface area (TPSA) is 61.9 Å². The number of carbonyl (C=O) groups excluding carboxylic acids is 2. The van der Waals surface area contributed by atoms with Crippen LogP contribution in [0, 0.1) is 0 Å². The van der Waals surface area contributed by atoms with Crippen molar-refractivity contribution >= 4 is 40.7 Å². The molecule has 1 aliphatic heterocycles. The zero-order valence-electron chi connectivity index (χ0n) is 16.2. The molecule has 1 fully saturated rings. The maximum Gasteiger partial charge on any atom is 0.253 e. The zero-order valence-corrected chi connectivity index (χ0v) is 17.7. The van der Waals surface area contributed by atoms with Crippen LogP contribution in [0.2, 0.25) is 10.0 Å². The van der Waals surface area contributed by atoms with Crippen LogP contribution in [0.1, 0.15) is 16.8 Å². The van der Waals surface area contributed by atoms with Crippen LogP contribution in [0.4, 0.5) is 5.69 Å². The minimum Gasteiger partial charge on any atom is -0.495 e. The Balaban J connectivity index is 1.56. The van der Waals surface area contributed by atoms with Gasteiger partial charge in [-0.1, -0.05) is 29.3 Å². The smallest absolute Gasteiger partial charge is 0.253 e. The van der Waals surface area contributed by atoms with Crippen LogP contribution >= 0.6 is 23.2 Å². The fourth-order valence-corrected chi connectivity index (χ4v) is 3.67. The van der Waals surface area contributed by atoms with Crippen molar-refractivity contribution in [1.82, 2.24) is 9.80 Å². The molecule has 0 spiro atoms. The summed E-state index contributed by atoms with van der Waals surface area (Å²) in [5, 5.41) is 3.91. The summed E-state index contributed by atoms with van der Waals surface area (Å²) in [6.07, 6.45) is 0.792. The molecule has 0 saturated carbocycles. The van der Waals surface area contributed by atoms with Crippen molar-refractivity contribution in [3.8, 4) is 5.75 Å². The van der Waals surface area contributed by atoms with Crippen LogP contribution in [0.3, 0.4) is 0 Å². The number of benzene rings is 2. The van der Waals surface area contributed by atoms with Crippen LogP contribution in [-0.4, -0.2) is 61.4 Å². The lowest BCUT2D eigenvalue weighted by atomic mass is 10.2. The summed E-state index contributed by atoms with van der Waals surface area (Å²) in [4.78, 5) is 29.1. The summed E-state index contributed by atoms with van der Waals surface area (Å²) >= 11 is 12.0. The molecule has 3 rings (SSSR count). The van der Waals surface area contributed by atoms with E-state index in [1.54, 1.807) is 49.6 Å². The van der Waals surface area contributed by atoms with Gasteiger partial charge < -0.3 is 15.0 Å². The highest BCUT2D eigenvalue weighted by Crippen LogP contribution is 2.27. The summed E-state index contributed by atoms with van der Waals surface area (Å²) in [7, 11) is 1.54. The van der Waals surface area contributed by atoms with Crippen molar-refractivity contribution in [2.45, 2.75) is 6.42 Å². The highest BCUT2D eigenvalue weighted by atomic mass is 35.5. The van der Waals surface area contributed by atoms with E-state index in [9.17, 15) is 9.59 Å². The molecule has 2 amide bonds. The Kier molecular flexibility index (Phi) is 7.36. The first-order chi connectivity index (χ1) is 14.0. The number of carbonyl (C=O) groups is 2. The van der Waals surface area contributed by atoms with Crippen molar-refractivity contribution in [2.75, 3.05) is 45.2 Å². The average molecular weight is 436 g/mol. The van der Waals surface area contributed by atoms with Gasteiger partial charge in [-0.05, 0) is 42.8 Å². The number of ether oxygens (including phenoxy) is 1. The van der Waals surface area contributed by atoms with E-state index in [0.29, 0.717) is 46.7 Å². The van der Waals surface area contributed by atoms with E-state index in [-0.39, 0.29) is 18.4 Å². The Hall–Kier alpha value is -2.28. The van der Waals surface area contributed by atoms with E-state index in [2.05, 4.69) is 5.32 Å². The van der Waals surface area contributed by atoms with E-state index >= 15 is 0 Å². The number of methoxy groups -OCH3 is 1. The lowest BCUT2D eigenvalue weighted by molar-refractivity contribution is -0.117. The predicted octanol–water partition coefficient (Wildman–Crippen LogP) is 3.79. The summed E-state index contributed by atoms with van der Waals surface area (Å²) in [6, 6.07) is 12.0. The molecular weight excluding hydrogens is 413 g/mol. The van der Waals surface area contributed by atoms with Crippen LogP contribution in [-0.2, 0) is 4.79 Å². The van der Waals surface area contributed by atoms with Gasteiger partial charge in [0.05, 0.1) is 19.3 Å². The molecule has 154 valence electrons. The molecule has 0 bridgehead atoms. The Bertz CT molecular complexity index is 891. The molecular formula is C21H23Cl2N3O3. The Morgan fingerprint density at radius 1 is 1.03 bits per heavy atom. The third-order valence-corrected chi connectivity index (χ3v) is 5.22. The quantitative estimate of drug-likeness (QED) is 0.775. The normalized spacial score (nSPS) is 14.9. The molecule has 0 unspecified atom stereocenters.